The van der Waals surface area contributed by atoms with Gasteiger partial charge in [0.05, 0.1) is 7.11 Å². The molecule has 4 nitrogen and oxygen atoms in total. The summed E-state index contributed by atoms with van der Waals surface area (Å²) in [5.74, 6) is -0.135. The lowest BCUT2D eigenvalue weighted by atomic mass is 9.78. The number of esters is 1. The maximum Gasteiger partial charge on any atom is 0.333 e. The molecule has 0 saturated carbocycles. The molecule has 1 unspecified atom stereocenters. The van der Waals surface area contributed by atoms with Crippen LogP contribution in [-0.4, -0.2) is 24.5 Å². The number of hydrogen-bond donors (Lipinski definition) is 0. The van der Waals surface area contributed by atoms with E-state index in [-0.39, 0.29) is 12.2 Å². The quantitative estimate of drug-likeness (QED) is 0.170. The van der Waals surface area contributed by atoms with Gasteiger partial charge in [0.15, 0.2) is 9.86 Å². The van der Waals surface area contributed by atoms with Crippen LogP contribution >= 0.6 is 23.5 Å². The third kappa shape index (κ3) is 6.13. The van der Waals surface area contributed by atoms with E-state index in [0.717, 1.165) is 26.7 Å². The average Bonchev–Trinajstić information content (AvgIpc) is 2.87. The van der Waals surface area contributed by atoms with Gasteiger partial charge >= 0.3 is 5.97 Å². The van der Waals surface area contributed by atoms with Crippen molar-refractivity contribution in [1.82, 2.24) is 0 Å². The van der Waals surface area contributed by atoms with E-state index in [9.17, 15) is 9.59 Å². The summed E-state index contributed by atoms with van der Waals surface area (Å²) in [6, 6.07) is 25.8. The van der Waals surface area contributed by atoms with Crippen molar-refractivity contribution in [1.29, 1.82) is 0 Å². The van der Waals surface area contributed by atoms with Crippen molar-refractivity contribution in [2.24, 2.45) is 5.92 Å². The molecular weight excluding hydrogens is 500 g/mol. The number of methoxy groups -OCH3 is 1. The van der Waals surface area contributed by atoms with E-state index in [2.05, 4.69) is 6.58 Å². The molecule has 3 aromatic carbocycles. The smallest absolute Gasteiger partial charge is 0.333 e. The van der Waals surface area contributed by atoms with Gasteiger partial charge in [-0.1, -0.05) is 78.6 Å². The zero-order valence-corrected chi connectivity index (χ0v) is 23.3. The Bertz CT molecular complexity index is 1240. The number of benzene rings is 3. The van der Waals surface area contributed by atoms with Crippen molar-refractivity contribution in [3.05, 3.63) is 102 Å². The summed E-state index contributed by atoms with van der Waals surface area (Å²) in [5, 5.41) is 0. The Balaban J connectivity index is 1.83. The van der Waals surface area contributed by atoms with Gasteiger partial charge in [-0.2, -0.15) is 0 Å². The van der Waals surface area contributed by atoms with Crippen LogP contribution in [0.15, 0.2) is 101 Å². The average molecular weight is 533 g/mol. The molecule has 6 heteroatoms. The zero-order chi connectivity index (χ0) is 26.6. The lowest BCUT2D eigenvalue weighted by Gasteiger charge is -2.41. The van der Waals surface area contributed by atoms with E-state index < -0.39 is 21.6 Å². The molecule has 0 radical (unpaired) electrons. The van der Waals surface area contributed by atoms with Crippen LogP contribution in [0.4, 0.5) is 0 Å². The summed E-state index contributed by atoms with van der Waals surface area (Å²) >= 11 is 3.08. The summed E-state index contributed by atoms with van der Waals surface area (Å²) in [6.07, 6.45) is 0.685. The first-order valence-corrected chi connectivity index (χ1v) is 13.9. The van der Waals surface area contributed by atoms with Crippen LogP contribution in [0.3, 0.4) is 0 Å². The molecule has 0 saturated heterocycles. The first kappa shape index (κ1) is 27.1. The van der Waals surface area contributed by atoms with Gasteiger partial charge in [0.1, 0.15) is 11.4 Å². The number of carbonyl (C=O) groups excluding carboxylic acids is 2. The van der Waals surface area contributed by atoms with Gasteiger partial charge in [0, 0.05) is 26.8 Å². The van der Waals surface area contributed by atoms with Gasteiger partial charge in [0.25, 0.3) is 0 Å². The molecule has 3 aromatic rings. The van der Waals surface area contributed by atoms with Crippen molar-refractivity contribution in [3.63, 3.8) is 0 Å². The molecule has 0 heterocycles. The number of carbonyl (C=O) groups is 2. The first-order chi connectivity index (χ1) is 17.6. The number of fused-ring (bicyclic) bond motifs is 1. The monoisotopic (exact) mass is 532 g/mol. The number of ketones is 1. The van der Waals surface area contributed by atoms with Crippen LogP contribution in [0.1, 0.15) is 38.3 Å². The lowest BCUT2D eigenvalue weighted by molar-refractivity contribution is -0.150. The molecule has 192 valence electrons. The minimum Gasteiger partial charge on any atom is -0.496 e. The van der Waals surface area contributed by atoms with Crippen LogP contribution in [0, 0.1) is 5.92 Å². The Morgan fingerprint density at radius 2 is 1.51 bits per heavy atom. The van der Waals surface area contributed by atoms with Crippen LogP contribution in [0.2, 0.25) is 0 Å². The highest BCUT2D eigenvalue weighted by molar-refractivity contribution is 8.18. The second-order valence-electron chi connectivity index (χ2n) is 10.0. The highest BCUT2D eigenvalue weighted by Crippen LogP contribution is 2.59. The van der Waals surface area contributed by atoms with Gasteiger partial charge in [-0.25, -0.2) is 4.79 Å². The maximum atomic E-state index is 14.6. The molecule has 0 aromatic heterocycles. The number of hydrogen-bond acceptors (Lipinski definition) is 6. The Labute approximate surface area is 227 Å². The summed E-state index contributed by atoms with van der Waals surface area (Å²) in [4.78, 5) is 29.3. The second-order valence-corrected chi connectivity index (χ2v) is 12.8. The fraction of sp³-hybridized carbons (Fsp3) is 0.290. The molecule has 37 heavy (non-hydrogen) atoms. The minimum atomic E-state index is -0.982. The molecule has 0 bridgehead atoms. The van der Waals surface area contributed by atoms with Crippen molar-refractivity contribution in [2.45, 2.75) is 53.1 Å². The highest BCUT2D eigenvalue weighted by atomic mass is 32.2. The van der Waals surface area contributed by atoms with Crippen LogP contribution in [0.5, 0.6) is 5.75 Å². The largest absolute Gasteiger partial charge is 0.496 e. The zero-order valence-electron chi connectivity index (χ0n) is 21.7. The number of rotatable bonds is 8. The molecule has 0 amide bonds. The molecule has 1 aliphatic carbocycles. The summed E-state index contributed by atoms with van der Waals surface area (Å²) in [6.45, 7) is 9.48. The van der Waals surface area contributed by atoms with Crippen molar-refractivity contribution >= 4 is 35.3 Å². The fourth-order valence-corrected chi connectivity index (χ4v) is 7.58. The molecule has 0 fully saturated rings. The summed E-state index contributed by atoms with van der Waals surface area (Å²) in [5.41, 5.74) is 1.58. The SMILES string of the molecule is C=C(CC1Cc2c(OC)cccc2C(Sc2ccccc2)(Sc2ccccc2)C1=O)C(=O)OC(C)(C)C. The Morgan fingerprint density at radius 3 is 2.03 bits per heavy atom. The molecular formula is C31H32O4S2. The molecule has 4 rings (SSSR count). The standard InChI is InChI=1S/C31H32O4S2/c1-21(29(33)35-30(2,3)4)19-22-20-25-26(17-12-18-27(25)34-5)31(28(22)32,36-23-13-8-6-9-14-23)37-24-15-10-7-11-16-24/h6-18,22H,1,19-20H2,2-5H3. The van der Waals surface area contributed by atoms with E-state index in [1.807, 2.05) is 99.6 Å². The van der Waals surface area contributed by atoms with E-state index in [1.165, 1.54) is 23.5 Å². The predicted octanol–water partition coefficient (Wildman–Crippen LogP) is 7.46. The third-order valence-electron chi connectivity index (χ3n) is 6.04. The highest BCUT2D eigenvalue weighted by Gasteiger charge is 2.51. The van der Waals surface area contributed by atoms with E-state index >= 15 is 0 Å². The second kappa shape index (κ2) is 11.2. The summed E-state index contributed by atoms with van der Waals surface area (Å²) < 4.78 is 10.3. The number of thioether (sulfide) groups is 2. The maximum absolute atomic E-state index is 14.6. The first-order valence-electron chi connectivity index (χ1n) is 12.2. The molecule has 0 aliphatic heterocycles. The van der Waals surface area contributed by atoms with Gasteiger partial charge < -0.3 is 9.47 Å². The molecule has 0 N–H and O–H groups in total. The normalized spacial score (nSPS) is 16.5. The Hall–Kier alpha value is -2.96. The molecule has 0 spiro atoms. The van der Waals surface area contributed by atoms with Crippen molar-refractivity contribution < 1.29 is 19.1 Å². The van der Waals surface area contributed by atoms with E-state index in [1.54, 1.807) is 7.11 Å². The summed E-state index contributed by atoms with van der Waals surface area (Å²) in [7, 11) is 1.65. The topological polar surface area (TPSA) is 52.6 Å². The van der Waals surface area contributed by atoms with Gasteiger partial charge in [0.2, 0.25) is 0 Å². The number of ether oxygens (including phenoxy) is 2. The third-order valence-corrected chi connectivity index (χ3v) is 8.98. The van der Waals surface area contributed by atoms with Gasteiger partial charge in [-0.3, -0.25) is 4.79 Å². The predicted molar refractivity (Wildman–Crippen MR) is 151 cm³/mol. The van der Waals surface area contributed by atoms with Crippen molar-refractivity contribution in [2.75, 3.05) is 7.11 Å². The van der Waals surface area contributed by atoms with E-state index in [4.69, 9.17) is 9.47 Å². The van der Waals surface area contributed by atoms with Crippen molar-refractivity contribution in [3.8, 4) is 5.75 Å². The van der Waals surface area contributed by atoms with E-state index in [0.29, 0.717) is 12.0 Å². The van der Waals surface area contributed by atoms with Crippen LogP contribution < -0.4 is 4.74 Å². The van der Waals surface area contributed by atoms with Gasteiger partial charge in [-0.15, -0.1) is 0 Å². The number of Topliss-reactive ketones (excluding diaryl/α,β-unsaturated/α-hetero) is 1. The Kier molecular flexibility index (Phi) is 8.20. The van der Waals surface area contributed by atoms with Crippen LogP contribution in [0.25, 0.3) is 0 Å². The Morgan fingerprint density at radius 1 is 0.946 bits per heavy atom. The van der Waals surface area contributed by atoms with Crippen LogP contribution in [-0.2, 0) is 24.8 Å². The molecule has 1 atom stereocenters. The lowest BCUT2D eigenvalue weighted by Crippen LogP contribution is -2.41. The fourth-order valence-electron chi connectivity index (χ4n) is 4.45. The molecule has 1 aliphatic rings. The van der Waals surface area contributed by atoms with Gasteiger partial charge in [-0.05, 0) is 69.5 Å². The minimum absolute atomic E-state index is 0.0562.